The van der Waals surface area contributed by atoms with Crippen molar-refractivity contribution in [1.29, 1.82) is 0 Å². The molecule has 1 aromatic heterocycles. The van der Waals surface area contributed by atoms with Gasteiger partial charge in [-0.05, 0) is 6.07 Å². The maximum atomic E-state index is 12.5. The number of carbonyl (C=O) groups excluding carboxylic acids is 1. The molecule has 0 unspecified atom stereocenters. The Morgan fingerprint density at radius 3 is 2.81 bits per heavy atom. The molecule has 8 nitrogen and oxygen atoms in total. The first-order chi connectivity index (χ1) is 10.2. The minimum atomic E-state index is -0.0716. The van der Waals surface area contributed by atoms with Crippen LogP contribution in [0.1, 0.15) is 10.4 Å². The van der Waals surface area contributed by atoms with Crippen LogP contribution in [0.2, 0.25) is 0 Å². The number of oxime groups is 1. The number of nitrogens with two attached hydrogens (primary N) is 1. The number of rotatable bonds is 4. The van der Waals surface area contributed by atoms with Gasteiger partial charge in [0.2, 0.25) is 0 Å². The van der Waals surface area contributed by atoms with Crippen molar-refractivity contribution in [3.8, 4) is 5.75 Å². The number of methoxy groups -OCH3 is 1. The molecule has 0 aromatic carbocycles. The van der Waals surface area contributed by atoms with E-state index in [9.17, 15) is 4.79 Å². The lowest BCUT2D eigenvalue weighted by molar-refractivity contribution is 0.0649. The van der Waals surface area contributed by atoms with E-state index in [1.165, 1.54) is 13.3 Å². The van der Waals surface area contributed by atoms with Crippen LogP contribution in [0.5, 0.6) is 5.75 Å². The average Bonchev–Trinajstić information content (AvgIpc) is 2.54. The molecule has 1 aliphatic rings. The maximum absolute atomic E-state index is 12.5. The van der Waals surface area contributed by atoms with Gasteiger partial charge < -0.3 is 20.6 Å². The van der Waals surface area contributed by atoms with Gasteiger partial charge in [0.15, 0.2) is 5.84 Å². The molecular weight excluding hydrogens is 274 g/mol. The minimum absolute atomic E-state index is 0.0716. The van der Waals surface area contributed by atoms with Gasteiger partial charge in [-0.1, -0.05) is 5.16 Å². The van der Waals surface area contributed by atoms with E-state index in [0.717, 1.165) is 0 Å². The molecule has 0 bridgehead atoms. The molecule has 1 amide bonds. The molecule has 1 aromatic rings. The summed E-state index contributed by atoms with van der Waals surface area (Å²) in [7, 11) is 1.52. The van der Waals surface area contributed by atoms with Crippen molar-refractivity contribution in [2.45, 2.75) is 0 Å². The SMILES string of the molecule is COc1cnccc1C(=O)N1CCN(C/C(N)=N/O)CC1. The molecule has 0 spiro atoms. The van der Waals surface area contributed by atoms with Gasteiger partial charge >= 0.3 is 0 Å². The van der Waals surface area contributed by atoms with Crippen molar-refractivity contribution in [3.63, 3.8) is 0 Å². The predicted octanol–water partition coefficient (Wildman–Crippen LogP) is -0.406. The van der Waals surface area contributed by atoms with E-state index in [4.69, 9.17) is 15.7 Å². The first-order valence-electron chi connectivity index (χ1n) is 6.61. The summed E-state index contributed by atoms with van der Waals surface area (Å²) in [5.74, 6) is 0.574. The highest BCUT2D eigenvalue weighted by molar-refractivity contribution is 5.96. The summed E-state index contributed by atoms with van der Waals surface area (Å²) in [4.78, 5) is 20.2. The molecule has 1 aliphatic heterocycles. The van der Waals surface area contributed by atoms with Crippen LogP contribution in [0.15, 0.2) is 23.6 Å². The second kappa shape index (κ2) is 6.89. The quantitative estimate of drug-likeness (QED) is 0.338. The van der Waals surface area contributed by atoms with E-state index < -0.39 is 0 Å². The van der Waals surface area contributed by atoms with Crippen molar-refractivity contribution in [1.82, 2.24) is 14.8 Å². The fourth-order valence-electron chi connectivity index (χ4n) is 2.26. The molecule has 2 heterocycles. The second-order valence-corrected chi connectivity index (χ2v) is 4.74. The Morgan fingerprint density at radius 1 is 1.48 bits per heavy atom. The van der Waals surface area contributed by atoms with Gasteiger partial charge in [-0.3, -0.25) is 14.7 Å². The molecule has 114 valence electrons. The summed E-state index contributed by atoms with van der Waals surface area (Å²) in [5.41, 5.74) is 5.99. The highest BCUT2D eigenvalue weighted by Gasteiger charge is 2.24. The zero-order chi connectivity index (χ0) is 15.2. The number of hydrogen-bond acceptors (Lipinski definition) is 6. The molecule has 2 rings (SSSR count). The van der Waals surface area contributed by atoms with E-state index >= 15 is 0 Å². The Kier molecular flexibility index (Phi) is 4.94. The number of pyridine rings is 1. The Morgan fingerprint density at radius 2 is 2.19 bits per heavy atom. The topological polar surface area (TPSA) is 104 Å². The van der Waals surface area contributed by atoms with Crippen LogP contribution in [0.4, 0.5) is 0 Å². The monoisotopic (exact) mass is 293 g/mol. The fraction of sp³-hybridized carbons (Fsp3) is 0.462. The van der Waals surface area contributed by atoms with E-state index in [0.29, 0.717) is 44.0 Å². The van der Waals surface area contributed by atoms with Gasteiger partial charge in [0.05, 0.1) is 25.4 Å². The molecule has 1 saturated heterocycles. The number of hydrogen-bond donors (Lipinski definition) is 2. The molecule has 1 fully saturated rings. The molecular formula is C13H19N5O3. The van der Waals surface area contributed by atoms with Crippen molar-refractivity contribution in [2.75, 3.05) is 39.8 Å². The predicted molar refractivity (Wildman–Crippen MR) is 76.5 cm³/mol. The minimum Gasteiger partial charge on any atom is -0.494 e. The Bertz CT molecular complexity index is 526. The van der Waals surface area contributed by atoms with Crippen LogP contribution in [0, 0.1) is 0 Å². The first-order valence-corrected chi connectivity index (χ1v) is 6.61. The lowest BCUT2D eigenvalue weighted by atomic mass is 10.2. The first kappa shape index (κ1) is 15.0. The maximum Gasteiger partial charge on any atom is 0.257 e. The molecule has 8 heteroatoms. The molecule has 3 N–H and O–H groups in total. The van der Waals surface area contributed by atoms with Crippen LogP contribution in [0.3, 0.4) is 0 Å². The lowest BCUT2D eigenvalue weighted by Gasteiger charge is -2.34. The largest absolute Gasteiger partial charge is 0.494 e. The molecule has 0 aliphatic carbocycles. The van der Waals surface area contributed by atoms with Crippen LogP contribution < -0.4 is 10.5 Å². The fourth-order valence-corrected chi connectivity index (χ4v) is 2.26. The van der Waals surface area contributed by atoms with Crippen LogP contribution in [0.25, 0.3) is 0 Å². The smallest absolute Gasteiger partial charge is 0.257 e. The van der Waals surface area contributed by atoms with Gasteiger partial charge in [0.25, 0.3) is 5.91 Å². The van der Waals surface area contributed by atoms with Crippen LogP contribution in [-0.4, -0.2) is 71.6 Å². The van der Waals surface area contributed by atoms with Crippen molar-refractivity contribution in [3.05, 3.63) is 24.0 Å². The summed E-state index contributed by atoms with van der Waals surface area (Å²) in [5, 5.41) is 11.5. The Labute approximate surface area is 122 Å². The van der Waals surface area contributed by atoms with E-state index in [2.05, 4.69) is 10.1 Å². The molecule has 0 saturated carbocycles. The third kappa shape index (κ3) is 3.60. The normalized spacial score (nSPS) is 16.8. The van der Waals surface area contributed by atoms with Gasteiger partial charge in [0, 0.05) is 32.4 Å². The summed E-state index contributed by atoms with van der Waals surface area (Å²) in [6, 6.07) is 1.66. The summed E-state index contributed by atoms with van der Waals surface area (Å²) in [6.07, 6.45) is 3.10. The van der Waals surface area contributed by atoms with Crippen molar-refractivity contribution < 1.29 is 14.7 Å². The average molecular weight is 293 g/mol. The Balaban J connectivity index is 1.97. The summed E-state index contributed by atoms with van der Waals surface area (Å²) >= 11 is 0. The van der Waals surface area contributed by atoms with Crippen LogP contribution in [-0.2, 0) is 0 Å². The van der Waals surface area contributed by atoms with Gasteiger partial charge in [-0.15, -0.1) is 0 Å². The number of amides is 1. The highest BCUT2D eigenvalue weighted by atomic mass is 16.5. The number of aromatic nitrogens is 1. The zero-order valence-corrected chi connectivity index (χ0v) is 11.9. The third-order valence-electron chi connectivity index (χ3n) is 3.41. The van der Waals surface area contributed by atoms with E-state index in [1.807, 2.05) is 4.90 Å². The number of ether oxygens (including phenoxy) is 1. The van der Waals surface area contributed by atoms with E-state index in [1.54, 1.807) is 17.2 Å². The zero-order valence-electron chi connectivity index (χ0n) is 11.9. The van der Waals surface area contributed by atoms with Crippen LogP contribution >= 0.6 is 0 Å². The van der Waals surface area contributed by atoms with Crippen molar-refractivity contribution in [2.24, 2.45) is 10.9 Å². The molecule has 0 atom stereocenters. The second-order valence-electron chi connectivity index (χ2n) is 4.74. The lowest BCUT2D eigenvalue weighted by Crippen LogP contribution is -2.50. The van der Waals surface area contributed by atoms with Crippen molar-refractivity contribution >= 4 is 11.7 Å². The van der Waals surface area contributed by atoms with E-state index in [-0.39, 0.29) is 11.7 Å². The van der Waals surface area contributed by atoms with Gasteiger partial charge in [0.1, 0.15) is 5.75 Å². The number of piperazine rings is 1. The highest BCUT2D eigenvalue weighted by Crippen LogP contribution is 2.18. The Hall–Kier alpha value is -2.35. The summed E-state index contributed by atoms with van der Waals surface area (Å²) < 4.78 is 5.17. The third-order valence-corrected chi connectivity index (χ3v) is 3.41. The molecule has 21 heavy (non-hydrogen) atoms. The van der Waals surface area contributed by atoms with Gasteiger partial charge in [-0.2, -0.15) is 0 Å². The molecule has 0 radical (unpaired) electrons. The number of nitrogens with zero attached hydrogens (tertiary/aromatic N) is 4. The summed E-state index contributed by atoms with van der Waals surface area (Å²) in [6.45, 7) is 2.92. The standard InChI is InChI=1S/C13H19N5O3/c1-21-11-8-15-3-2-10(11)13(19)18-6-4-17(5-7-18)9-12(14)16-20/h2-3,8,20H,4-7,9H2,1H3,(H2,14,16). The van der Waals surface area contributed by atoms with Gasteiger partial charge in [-0.25, -0.2) is 0 Å². The number of amidine groups is 1. The number of carbonyl (C=O) groups is 1.